The molecule has 15 heavy (non-hydrogen) atoms. The second-order valence-corrected chi connectivity index (χ2v) is 4.35. The van der Waals surface area contributed by atoms with Crippen molar-refractivity contribution in [1.29, 1.82) is 0 Å². The Labute approximate surface area is 97.6 Å². The van der Waals surface area contributed by atoms with Crippen LogP contribution in [0, 0.1) is 0 Å². The normalized spacial score (nSPS) is 10.2. The van der Waals surface area contributed by atoms with Crippen LogP contribution in [0.3, 0.4) is 0 Å². The Bertz CT molecular complexity index is 366. The zero-order valence-electron chi connectivity index (χ0n) is 8.97. The molecule has 1 aromatic rings. The quantitative estimate of drug-likeness (QED) is 0.832. The largest absolute Gasteiger partial charge is 0.381 e. The first kappa shape index (κ1) is 12.0. The van der Waals surface area contributed by atoms with Gasteiger partial charge in [-0.3, -0.25) is 4.79 Å². The lowest BCUT2D eigenvalue weighted by Crippen LogP contribution is -2.14. The topological polar surface area (TPSA) is 54.0 Å². The number of rotatable bonds is 3. The number of carbonyl (C=O) groups is 1. The highest BCUT2D eigenvalue weighted by Crippen LogP contribution is 2.24. The minimum atomic E-state index is -0.106. The summed E-state index contributed by atoms with van der Waals surface area (Å²) in [5.74, 6) is -0.106. The summed E-state index contributed by atoms with van der Waals surface area (Å²) in [6.45, 7) is 5.54. The molecular weight excluding hydrogens is 258 g/mol. The van der Waals surface area contributed by atoms with Crippen LogP contribution in [0.2, 0.25) is 0 Å². The molecule has 82 valence electrons. The van der Waals surface area contributed by atoms with Crippen molar-refractivity contribution in [3.8, 4) is 0 Å². The molecular formula is C10H14BrN3O. The first-order valence-electron chi connectivity index (χ1n) is 4.68. The molecule has 0 aliphatic heterocycles. The van der Waals surface area contributed by atoms with Crippen LogP contribution >= 0.6 is 15.9 Å². The van der Waals surface area contributed by atoms with Gasteiger partial charge in [0.25, 0.3) is 0 Å². The fourth-order valence-electron chi connectivity index (χ4n) is 1.15. The molecule has 5 heteroatoms. The van der Waals surface area contributed by atoms with Crippen molar-refractivity contribution in [3.63, 3.8) is 0 Å². The number of hydrogen-bond acceptors (Lipinski definition) is 3. The number of nitrogens with one attached hydrogen (secondary N) is 2. The number of amides is 1. The number of halogens is 1. The van der Waals surface area contributed by atoms with Gasteiger partial charge in [0.15, 0.2) is 0 Å². The van der Waals surface area contributed by atoms with E-state index in [0.717, 1.165) is 10.3 Å². The number of carbonyl (C=O) groups excluding carboxylic acids is 1. The molecule has 0 atom stereocenters. The number of pyridine rings is 1. The molecule has 0 unspecified atom stereocenters. The Balaban J connectivity index is 2.97. The molecule has 0 radical (unpaired) electrons. The van der Waals surface area contributed by atoms with Crippen LogP contribution in [0.5, 0.6) is 0 Å². The first-order valence-corrected chi connectivity index (χ1v) is 5.48. The minimum Gasteiger partial charge on any atom is -0.381 e. The zero-order chi connectivity index (χ0) is 11.4. The Morgan fingerprint density at radius 3 is 2.67 bits per heavy atom. The van der Waals surface area contributed by atoms with Gasteiger partial charge in [0, 0.05) is 13.0 Å². The van der Waals surface area contributed by atoms with E-state index >= 15 is 0 Å². The van der Waals surface area contributed by atoms with Crippen molar-refractivity contribution in [2.75, 3.05) is 10.6 Å². The number of hydrogen-bond donors (Lipinski definition) is 2. The SMILES string of the molecule is CC(=O)Nc1cnc(Br)cc1NC(C)C. The molecule has 0 aromatic carbocycles. The summed E-state index contributed by atoms with van der Waals surface area (Å²) in [7, 11) is 0. The lowest BCUT2D eigenvalue weighted by molar-refractivity contribution is -0.114. The molecule has 2 N–H and O–H groups in total. The van der Waals surface area contributed by atoms with E-state index in [1.54, 1.807) is 6.20 Å². The first-order chi connectivity index (χ1) is 6.99. The van der Waals surface area contributed by atoms with E-state index in [1.165, 1.54) is 6.92 Å². The number of anilines is 2. The molecule has 0 fully saturated rings. The molecule has 0 spiro atoms. The highest BCUT2D eigenvalue weighted by molar-refractivity contribution is 9.10. The second-order valence-electron chi connectivity index (χ2n) is 3.53. The minimum absolute atomic E-state index is 0.106. The van der Waals surface area contributed by atoms with Gasteiger partial charge in [-0.15, -0.1) is 0 Å². The van der Waals surface area contributed by atoms with Gasteiger partial charge in [-0.25, -0.2) is 4.98 Å². The van der Waals surface area contributed by atoms with Crippen LogP contribution in [-0.4, -0.2) is 16.9 Å². The van der Waals surface area contributed by atoms with Gasteiger partial charge in [-0.1, -0.05) is 0 Å². The van der Waals surface area contributed by atoms with Crippen molar-refractivity contribution < 1.29 is 4.79 Å². The number of nitrogens with zero attached hydrogens (tertiary/aromatic N) is 1. The fraction of sp³-hybridized carbons (Fsp3) is 0.400. The van der Waals surface area contributed by atoms with Gasteiger partial charge >= 0.3 is 0 Å². The van der Waals surface area contributed by atoms with Crippen LogP contribution < -0.4 is 10.6 Å². The van der Waals surface area contributed by atoms with Gasteiger partial charge in [0.05, 0.1) is 17.6 Å². The van der Waals surface area contributed by atoms with Gasteiger partial charge in [0.2, 0.25) is 5.91 Å². The van der Waals surface area contributed by atoms with Crippen LogP contribution in [-0.2, 0) is 4.79 Å². The molecule has 1 aromatic heterocycles. The van der Waals surface area contributed by atoms with Crippen LogP contribution in [0.1, 0.15) is 20.8 Å². The second kappa shape index (κ2) is 5.11. The van der Waals surface area contributed by atoms with E-state index in [0.29, 0.717) is 11.7 Å². The maximum atomic E-state index is 11.0. The van der Waals surface area contributed by atoms with E-state index in [4.69, 9.17) is 0 Å². The average Bonchev–Trinajstić information content (AvgIpc) is 2.08. The third kappa shape index (κ3) is 3.87. The summed E-state index contributed by atoms with van der Waals surface area (Å²) < 4.78 is 0.736. The third-order valence-corrected chi connectivity index (χ3v) is 2.06. The van der Waals surface area contributed by atoms with Gasteiger partial charge in [0.1, 0.15) is 4.60 Å². The predicted octanol–water partition coefficient (Wildman–Crippen LogP) is 2.62. The maximum absolute atomic E-state index is 11.0. The maximum Gasteiger partial charge on any atom is 0.221 e. The molecule has 0 aliphatic carbocycles. The highest BCUT2D eigenvalue weighted by Gasteiger charge is 2.06. The third-order valence-electron chi connectivity index (χ3n) is 1.63. The molecule has 1 rings (SSSR count). The lowest BCUT2D eigenvalue weighted by atomic mass is 10.3. The smallest absolute Gasteiger partial charge is 0.221 e. The lowest BCUT2D eigenvalue weighted by Gasteiger charge is -2.14. The molecule has 0 aliphatic rings. The predicted molar refractivity (Wildman–Crippen MR) is 65.0 cm³/mol. The summed E-state index contributed by atoms with van der Waals surface area (Å²) in [4.78, 5) is 15.0. The van der Waals surface area contributed by atoms with E-state index in [-0.39, 0.29) is 5.91 Å². The fourth-order valence-corrected chi connectivity index (χ4v) is 1.48. The van der Waals surface area contributed by atoms with Crippen molar-refractivity contribution in [3.05, 3.63) is 16.9 Å². The molecule has 0 saturated heterocycles. The Kier molecular flexibility index (Phi) is 4.08. The Morgan fingerprint density at radius 2 is 2.13 bits per heavy atom. The summed E-state index contributed by atoms with van der Waals surface area (Å²) in [6.07, 6.45) is 1.62. The van der Waals surface area contributed by atoms with Gasteiger partial charge in [-0.2, -0.15) is 0 Å². The molecule has 4 nitrogen and oxygen atoms in total. The van der Waals surface area contributed by atoms with Crippen molar-refractivity contribution in [2.24, 2.45) is 0 Å². The summed E-state index contributed by atoms with van der Waals surface area (Å²) >= 11 is 3.29. The molecule has 0 saturated carbocycles. The highest BCUT2D eigenvalue weighted by atomic mass is 79.9. The molecule has 1 heterocycles. The molecule has 1 amide bonds. The van der Waals surface area contributed by atoms with Crippen LogP contribution in [0.15, 0.2) is 16.9 Å². The van der Waals surface area contributed by atoms with Crippen molar-refractivity contribution in [2.45, 2.75) is 26.8 Å². The molecule has 0 bridgehead atoms. The van der Waals surface area contributed by atoms with E-state index in [1.807, 2.05) is 19.9 Å². The van der Waals surface area contributed by atoms with E-state index in [9.17, 15) is 4.79 Å². The van der Waals surface area contributed by atoms with Crippen LogP contribution in [0.25, 0.3) is 0 Å². The Morgan fingerprint density at radius 1 is 1.47 bits per heavy atom. The van der Waals surface area contributed by atoms with E-state index < -0.39 is 0 Å². The van der Waals surface area contributed by atoms with Gasteiger partial charge in [-0.05, 0) is 35.8 Å². The van der Waals surface area contributed by atoms with Crippen molar-refractivity contribution >= 4 is 33.2 Å². The van der Waals surface area contributed by atoms with Gasteiger partial charge < -0.3 is 10.6 Å². The number of aromatic nitrogens is 1. The summed E-state index contributed by atoms with van der Waals surface area (Å²) in [5, 5.41) is 5.96. The Hall–Kier alpha value is -1.10. The standard InChI is InChI=1S/C10H14BrN3O/c1-6(2)13-8-4-10(11)12-5-9(8)14-7(3)15/h4-6H,1-3H3,(H,12,13)(H,14,15). The van der Waals surface area contributed by atoms with Crippen LogP contribution in [0.4, 0.5) is 11.4 Å². The zero-order valence-corrected chi connectivity index (χ0v) is 10.6. The average molecular weight is 272 g/mol. The monoisotopic (exact) mass is 271 g/mol. The van der Waals surface area contributed by atoms with E-state index in [2.05, 4.69) is 31.5 Å². The van der Waals surface area contributed by atoms with Crippen molar-refractivity contribution in [1.82, 2.24) is 4.98 Å². The summed E-state index contributed by atoms with van der Waals surface area (Å²) in [5.41, 5.74) is 1.56. The summed E-state index contributed by atoms with van der Waals surface area (Å²) in [6, 6.07) is 2.14.